The van der Waals surface area contributed by atoms with Gasteiger partial charge in [-0.25, -0.2) is 4.79 Å². The van der Waals surface area contributed by atoms with Gasteiger partial charge in [0.15, 0.2) is 11.5 Å². The fourth-order valence-electron chi connectivity index (χ4n) is 1.98. The van der Waals surface area contributed by atoms with Crippen LogP contribution in [0.5, 0.6) is 11.5 Å². The second kappa shape index (κ2) is 10.3. The van der Waals surface area contributed by atoms with Gasteiger partial charge < -0.3 is 19.9 Å². The number of hydrogen-bond acceptors (Lipinski definition) is 4. The van der Waals surface area contributed by atoms with Crippen molar-refractivity contribution < 1.29 is 24.2 Å². The fraction of sp³-hybridized carbons (Fsp3) is 0.444. The zero-order chi connectivity index (χ0) is 17.9. The van der Waals surface area contributed by atoms with Crippen molar-refractivity contribution in [3.63, 3.8) is 0 Å². The lowest BCUT2D eigenvalue weighted by Crippen LogP contribution is -2.40. The Morgan fingerprint density at radius 2 is 2.00 bits per heavy atom. The SMILES string of the molecule is C/C=C/CC(NC(=O)c1ccc(OCCC)c(OCC)c1)C(=O)O. The molecule has 0 aliphatic heterocycles. The molecule has 0 saturated heterocycles. The highest BCUT2D eigenvalue weighted by atomic mass is 16.5. The topological polar surface area (TPSA) is 84.9 Å². The Morgan fingerprint density at radius 3 is 2.58 bits per heavy atom. The smallest absolute Gasteiger partial charge is 0.326 e. The van der Waals surface area contributed by atoms with E-state index in [1.807, 2.05) is 13.8 Å². The van der Waals surface area contributed by atoms with Crippen molar-refractivity contribution in [2.75, 3.05) is 13.2 Å². The van der Waals surface area contributed by atoms with Crippen molar-refractivity contribution in [2.24, 2.45) is 0 Å². The molecule has 0 heterocycles. The maximum Gasteiger partial charge on any atom is 0.326 e. The lowest BCUT2D eigenvalue weighted by Gasteiger charge is -2.15. The molecule has 0 fully saturated rings. The van der Waals surface area contributed by atoms with Gasteiger partial charge in [-0.15, -0.1) is 0 Å². The van der Waals surface area contributed by atoms with Crippen LogP contribution in [-0.4, -0.2) is 36.2 Å². The summed E-state index contributed by atoms with van der Waals surface area (Å²) in [5.74, 6) is -0.498. The van der Waals surface area contributed by atoms with Crippen LogP contribution in [0.4, 0.5) is 0 Å². The molecule has 6 heteroatoms. The average Bonchev–Trinajstić information content (AvgIpc) is 2.57. The molecule has 0 aliphatic rings. The summed E-state index contributed by atoms with van der Waals surface area (Å²) in [4.78, 5) is 23.5. The molecule has 132 valence electrons. The van der Waals surface area contributed by atoms with E-state index in [-0.39, 0.29) is 6.42 Å². The van der Waals surface area contributed by atoms with Crippen LogP contribution in [0.25, 0.3) is 0 Å². The van der Waals surface area contributed by atoms with Crippen molar-refractivity contribution in [1.82, 2.24) is 5.32 Å². The van der Waals surface area contributed by atoms with E-state index in [4.69, 9.17) is 9.47 Å². The van der Waals surface area contributed by atoms with Gasteiger partial charge in [0, 0.05) is 5.56 Å². The number of aliphatic carboxylic acids is 1. The van der Waals surface area contributed by atoms with Crippen LogP contribution in [0, 0.1) is 0 Å². The number of allylic oxidation sites excluding steroid dienone is 1. The van der Waals surface area contributed by atoms with Crippen molar-refractivity contribution in [3.8, 4) is 11.5 Å². The summed E-state index contributed by atoms with van der Waals surface area (Å²) in [6.45, 7) is 6.62. The van der Waals surface area contributed by atoms with E-state index in [0.717, 1.165) is 6.42 Å². The number of carbonyl (C=O) groups is 2. The van der Waals surface area contributed by atoms with E-state index >= 15 is 0 Å². The summed E-state index contributed by atoms with van der Waals surface area (Å²) in [6.07, 6.45) is 4.54. The Balaban J connectivity index is 2.92. The number of rotatable bonds is 10. The minimum atomic E-state index is -1.07. The van der Waals surface area contributed by atoms with Crippen molar-refractivity contribution in [1.29, 1.82) is 0 Å². The molecule has 6 nitrogen and oxygen atoms in total. The number of benzene rings is 1. The number of hydrogen-bond donors (Lipinski definition) is 2. The highest BCUT2D eigenvalue weighted by molar-refractivity contribution is 5.97. The predicted octanol–water partition coefficient (Wildman–Crippen LogP) is 3.02. The molecule has 24 heavy (non-hydrogen) atoms. The van der Waals surface area contributed by atoms with E-state index in [9.17, 15) is 14.7 Å². The molecule has 0 aromatic heterocycles. The minimum Gasteiger partial charge on any atom is -0.490 e. The summed E-state index contributed by atoms with van der Waals surface area (Å²) >= 11 is 0. The van der Waals surface area contributed by atoms with Crippen molar-refractivity contribution >= 4 is 11.9 Å². The van der Waals surface area contributed by atoms with Crippen LogP contribution in [0.2, 0.25) is 0 Å². The van der Waals surface area contributed by atoms with Crippen molar-refractivity contribution in [2.45, 2.75) is 39.7 Å². The third kappa shape index (κ3) is 5.95. The van der Waals surface area contributed by atoms with Crippen LogP contribution in [0.1, 0.15) is 44.0 Å². The molecule has 1 rings (SSSR count). The quantitative estimate of drug-likeness (QED) is 0.642. The summed E-state index contributed by atoms with van der Waals surface area (Å²) in [7, 11) is 0. The molecule has 1 atom stereocenters. The Hall–Kier alpha value is -2.50. The Bertz CT molecular complexity index is 583. The van der Waals surface area contributed by atoms with E-state index in [2.05, 4.69) is 5.32 Å². The Morgan fingerprint density at radius 1 is 1.25 bits per heavy atom. The molecule has 1 aromatic carbocycles. The maximum absolute atomic E-state index is 12.3. The van der Waals surface area contributed by atoms with Gasteiger partial charge in [-0.05, 0) is 44.9 Å². The number of nitrogens with one attached hydrogen (secondary N) is 1. The highest BCUT2D eigenvalue weighted by Crippen LogP contribution is 2.28. The predicted molar refractivity (Wildman–Crippen MR) is 91.7 cm³/mol. The van der Waals surface area contributed by atoms with E-state index in [1.54, 1.807) is 37.3 Å². The average molecular weight is 335 g/mol. The first-order valence-corrected chi connectivity index (χ1v) is 8.07. The summed E-state index contributed by atoms with van der Waals surface area (Å²) in [6, 6.07) is 3.85. The highest BCUT2D eigenvalue weighted by Gasteiger charge is 2.20. The molecule has 1 aromatic rings. The van der Waals surface area contributed by atoms with Gasteiger partial charge in [0.25, 0.3) is 5.91 Å². The number of carboxylic acid groups (broad SMARTS) is 1. The summed E-state index contributed by atoms with van der Waals surface area (Å²) in [5, 5.41) is 11.7. The van der Waals surface area contributed by atoms with Crippen LogP contribution in [0.15, 0.2) is 30.4 Å². The van der Waals surface area contributed by atoms with E-state index < -0.39 is 17.9 Å². The molecule has 0 saturated carbocycles. The number of carbonyl (C=O) groups excluding carboxylic acids is 1. The largest absolute Gasteiger partial charge is 0.490 e. The van der Waals surface area contributed by atoms with Gasteiger partial charge in [0.1, 0.15) is 6.04 Å². The molecule has 1 unspecified atom stereocenters. The number of ether oxygens (including phenoxy) is 2. The number of amides is 1. The first kappa shape index (κ1) is 19.5. The van der Waals surface area contributed by atoms with Crippen LogP contribution < -0.4 is 14.8 Å². The molecule has 0 spiro atoms. The van der Waals surface area contributed by atoms with Crippen LogP contribution in [-0.2, 0) is 4.79 Å². The van der Waals surface area contributed by atoms with Gasteiger partial charge >= 0.3 is 5.97 Å². The minimum absolute atomic E-state index is 0.230. The second-order valence-electron chi connectivity index (χ2n) is 5.11. The molecular formula is C18H25NO5. The van der Waals surface area contributed by atoms with Crippen molar-refractivity contribution in [3.05, 3.63) is 35.9 Å². The lowest BCUT2D eigenvalue weighted by molar-refractivity contribution is -0.139. The summed E-state index contributed by atoms with van der Waals surface area (Å²) in [5.41, 5.74) is 0.328. The van der Waals surface area contributed by atoms with Gasteiger partial charge in [-0.3, -0.25) is 4.79 Å². The van der Waals surface area contributed by atoms with Crippen LogP contribution in [0.3, 0.4) is 0 Å². The molecule has 1 amide bonds. The molecule has 2 N–H and O–H groups in total. The van der Waals surface area contributed by atoms with Gasteiger partial charge in [0.05, 0.1) is 13.2 Å². The lowest BCUT2D eigenvalue weighted by atomic mass is 10.1. The maximum atomic E-state index is 12.3. The third-order valence-electron chi connectivity index (χ3n) is 3.18. The second-order valence-corrected chi connectivity index (χ2v) is 5.11. The normalized spacial score (nSPS) is 12.0. The molecule has 0 bridgehead atoms. The van der Waals surface area contributed by atoms with Gasteiger partial charge in [0.2, 0.25) is 0 Å². The van der Waals surface area contributed by atoms with Crippen LogP contribution >= 0.6 is 0 Å². The molecular weight excluding hydrogens is 310 g/mol. The zero-order valence-corrected chi connectivity index (χ0v) is 14.4. The fourth-order valence-corrected chi connectivity index (χ4v) is 1.98. The Labute approximate surface area is 142 Å². The van der Waals surface area contributed by atoms with Gasteiger partial charge in [-0.2, -0.15) is 0 Å². The van der Waals surface area contributed by atoms with Gasteiger partial charge in [-0.1, -0.05) is 19.1 Å². The monoisotopic (exact) mass is 335 g/mol. The standard InChI is InChI=1S/C18H25NO5/c1-4-7-8-14(18(21)22)19-17(20)13-9-10-15(24-11-5-2)16(12-13)23-6-3/h4,7,9-10,12,14H,5-6,8,11H2,1-3H3,(H,19,20)(H,21,22)/b7-4+. The molecule has 0 aliphatic carbocycles. The van der Waals surface area contributed by atoms with E-state index in [1.165, 1.54) is 0 Å². The first-order valence-electron chi connectivity index (χ1n) is 8.07. The molecule has 0 radical (unpaired) electrons. The third-order valence-corrected chi connectivity index (χ3v) is 3.18. The summed E-state index contributed by atoms with van der Waals surface area (Å²) < 4.78 is 11.1. The Kier molecular flexibility index (Phi) is 8.39. The zero-order valence-electron chi connectivity index (χ0n) is 14.4. The first-order chi connectivity index (χ1) is 11.5. The van der Waals surface area contributed by atoms with E-state index in [0.29, 0.717) is 30.3 Å². The number of carboxylic acids is 1.